The standard InChI is InChI=1S/C23H25N7O4/c1-14-4-3-5-30-20(14)26-21-17(23(30)32)13-16(22(31)25-18-12-15(2)34-27-18)19(24)29(21)7-6-28-8-10-33-11-9-28/h3-5,12-13,24H,6-11H2,1-2H3,(H,25,27,31). The summed E-state index contributed by atoms with van der Waals surface area (Å²) < 4.78 is 13.5. The smallest absolute Gasteiger partial charge is 0.267 e. The molecule has 0 bridgehead atoms. The Morgan fingerprint density at radius 3 is 2.71 bits per heavy atom. The lowest BCUT2D eigenvalue weighted by atomic mass is 10.2. The lowest BCUT2D eigenvalue weighted by molar-refractivity contribution is 0.0363. The third-order valence-corrected chi connectivity index (χ3v) is 5.99. The van der Waals surface area contributed by atoms with E-state index in [0.29, 0.717) is 43.4 Å². The first-order valence-electron chi connectivity index (χ1n) is 11.1. The van der Waals surface area contributed by atoms with Gasteiger partial charge in [-0.25, -0.2) is 4.98 Å². The van der Waals surface area contributed by atoms with Crippen LogP contribution < -0.4 is 16.4 Å². The van der Waals surface area contributed by atoms with E-state index in [2.05, 4.69) is 15.4 Å². The first-order valence-corrected chi connectivity index (χ1v) is 11.1. The van der Waals surface area contributed by atoms with E-state index in [1.165, 1.54) is 10.5 Å². The van der Waals surface area contributed by atoms with Gasteiger partial charge in [-0.15, -0.1) is 0 Å². The first kappa shape index (κ1) is 22.0. The highest BCUT2D eigenvalue weighted by Crippen LogP contribution is 2.14. The molecule has 0 radical (unpaired) electrons. The number of hydrogen-bond acceptors (Lipinski definition) is 8. The van der Waals surface area contributed by atoms with Gasteiger partial charge in [-0.1, -0.05) is 11.2 Å². The Morgan fingerprint density at radius 2 is 1.97 bits per heavy atom. The number of carbonyl (C=O) groups is 1. The van der Waals surface area contributed by atoms with Gasteiger partial charge in [0, 0.05) is 38.4 Å². The number of carbonyl (C=O) groups excluding carboxylic acids is 1. The Bertz CT molecular complexity index is 1510. The van der Waals surface area contributed by atoms with Crippen molar-refractivity contribution in [2.45, 2.75) is 20.4 Å². The van der Waals surface area contributed by atoms with Crippen molar-refractivity contribution in [2.75, 3.05) is 38.2 Å². The van der Waals surface area contributed by atoms with Crippen LogP contribution in [0.4, 0.5) is 5.82 Å². The predicted molar refractivity (Wildman–Crippen MR) is 124 cm³/mol. The van der Waals surface area contributed by atoms with Crippen LogP contribution in [0.5, 0.6) is 0 Å². The van der Waals surface area contributed by atoms with Crippen molar-refractivity contribution in [1.29, 1.82) is 5.41 Å². The average molecular weight is 463 g/mol. The van der Waals surface area contributed by atoms with Crippen LogP contribution >= 0.6 is 0 Å². The summed E-state index contributed by atoms with van der Waals surface area (Å²) in [6, 6.07) is 6.69. The molecule has 1 fully saturated rings. The number of hydrogen-bond donors (Lipinski definition) is 2. The number of anilines is 1. The fourth-order valence-corrected chi connectivity index (χ4v) is 4.16. The lowest BCUT2D eigenvalue weighted by Gasteiger charge is -2.27. The van der Waals surface area contributed by atoms with Crippen molar-refractivity contribution >= 4 is 28.4 Å². The van der Waals surface area contributed by atoms with Crippen molar-refractivity contribution < 1.29 is 14.1 Å². The minimum Gasteiger partial charge on any atom is -0.379 e. The number of aryl methyl sites for hydroxylation is 2. The summed E-state index contributed by atoms with van der Waals surface area (Å²) in [6.07, 6.45) is 1.65. The van der Waals surface area contributed by atoms with Crippen LogP contribution in [0.25, 0.3) is 16.7 Å². The van der Waals surface area contributed by atoms with Crippen LogP contribution in [-0.4, -0.2) is 62.8 Å². The predicted octanol–water partition coefficient (Wildman–Crippen LogP) is 1.32. The van der Waals surface area contributed by atoms with Crippen molar-refractivity contribution in [3.63, 3.8) is 0 Å². The van der Waals surface area contributed by atoms with Gasteiger partial charge >= 0.3 is 0 Å². The van der Waals surface area contributed by atoms with Gasteiger partial charge in [0.1, 0.15) is 22.5 Å². The van der Waals surface area contributed by atoms with Crippen LogP contribution in [0, 0.1) is 19.3 Å². The molecule has 0 saturated carbocycles. The number of ether oxygens (including phenoxy) is 1. The Morgan fingerprint density at radius 1 is 1.18 bits per heavy atom. The molecule has 11 nitrogen and oxygen atoms in total. The molecular formula is C23H25N7O4. The Hall–Kier alpha value is -3.83. The quantitative estimate of drug-likeness (QED) is 0.427. The summed E-state index contributed by atoms with van der Waals surface area (Å²) >= 11 is 0. The SMILES string of the molecule is Cc1cc(NC(=O)c2cc3c(=O)n4cccc(C)c4nc3n(CCN3CCOCC3)c2=N)no1. The summed E-state index contributed by atoms with van der Waals surface area (Å²) in [7, 11) is 0. The normalized spacial score (nSPS) is 14.6. The van der Waals surface area contributed by atoms with Gasteiger partial charge in [-0.2, -0.15) is 0 Å². The van der Waals surface area contributed by atoms with E-state index in [-0.39, 0.29) is 27.8 Å². The van der Waals surface area contributed by atoms with Crippen LogP contribution in [-0.2, 0) is 11.3 Å². The minimum absolute atomic E-state index is 0.0247. The van der Waals surface area contributed by atoms with E-state index in [1.807, 2.05) is 13.0 Å². The zero-order valence-corrected chi connectivity index (χ0v) is 19.0. The average Bonchev–Trinajstić information content (AvgIpc) is 3.24. The van der Waals surface area contributed by atoms with E-state index in [0.717, 1.165) is 18.7 Å². The van der Waals surface area contributed by atoms with Crippen molar-refractivity contribution in [2.24, 2.45) is 0 Å². The Labute approximate surface area is 194 Å². The highest BCUT2D eigenvalue weighted by Gasteiger charge is 2.20. The third-order valence-electron chi connectivity index (χ3n) is 5.99. The van der Waals surface area contributed by atoms with Crippen LogP contribution in [0.2, 0.25) is 0 Å². The zero-order valence-electron chi connectivity index (χ0n) is 19.0. The highest BCUT2D eigenvalue weighted by molar-refractivity contribution is 6.05. The summed E-state index contributed by atoms with van der Waals surface area (Å²) in [5.74, 6) is 0.240. The molecular weight excluding hydrogens is 438 g/mol. The molecule has 0 spiro atoms. The van der Waals surface area contributed by atoms with Crippen molar-refractivity contribution in [3.05, 3.63) is 63.2 Å². The number of nitrogens with zero attached hydrogens (tertiary/aromatic N) is 5. The number of pyridine rings is 2. The van der Waals surface area contributed by atoms with E-state index in [1.54, 1.807) is 29.8 Å². The topological polar surface area (TPSA) is 131 Å². The fourth-order valence-electron chi connectivity index (χ4n) is 4.16. The van der Waals surface area contributed by atoms with E-state index in [9.17, 15) is 9.59 Å². The number of rotatable bonds is 5. The molecule has 0 unspecified atom stereocenters. The molecule has 1 aliphatic rings. The van der Waals surface area contributed by atoms with Gasteiger partial charge in [-0.3, -0.25) is 24.3 Å². The molecule has 0 aromatic carbocycles. The molecule has 0 aliphatic carbocycles. The number of aromatic nitrogens is 4. The first-order chi connectivity index (χ1) is 16.4. The molecule has 4 aromatic rings. The van der Waals surface area contributed by atoms with Gasteiger partial charge in [0.25, 0.3) is 11.5 Å². The van der Waals surface area contributed by atoms with E-state index < -0.39 is 5.91 Å². The second-order valence-electron chi connectivity index (χ2n) is 8.33. The molecule has 5 rings (SSSR count). The zero-order chi connectivity index (χ0) is 23.8. The maximum absolute atomic E-state index is 13.4. The van der Waals surface area contributed by atoms with Gasteiger partial charge in [0.15, 0.2) is 5.82 Å². The minimum atomic E-state index is -0.547. The molecule has 1 aliphatic heterocycles. The van der Waals surface area contributed by atoms with Crippen LogP contribution in [0.15, 0.2) is 39.8 Å². The molecule has 2 N–H and O–H groups in total. The molecule has 176 valence electrons. The molecule has 4 aromatic heterocycles. The summed E-state index contributed by atoms with van der Waals surface area (Å²) in [5, 5.41) is 15.6. The molecule has 0 atom stereocenters. The van der Waals surface area contributed by atoms with Crippen LogP contribution in [0.1, 0.15) is 21.7 Å². The fraction of sp³-hybridized carbons (Fsp3) is 0.348. The van der Waals surface area contributed by atoms with Gasteiger partial charge in [-0.05, 0) is 31.5 Å². The van der Waals surface area contributed by atoms with E-state index >= 15 is 0 Å². The second kappa shape index (κ2) is 8.84. The van der Waals surface area contributed by atoms with Crippen molar-refractivity contribution in [3.8, 4) is 0 Å². The highest BCUT2D eigenvalue weighted by atomic mass is 16.5. The summed E-state index contributed by atoms with van der Waals surface area (Å²) in [6.45, 7) is 7.52. The van der Waals surface area contributed by atoms with E-state index in [4.69, 9.17) is 19.7 Å². The third kappa shape index (κ3) is 3.99. The largest absolute Gasteiger partial charge is 0.379 e. The maximum Gasteiger partial charge on any atom is 0.267 e. The summed E-state index contributed by atoms with van der Waals surface area (Å²) in [5.41, 5.74) is 1.48. The number of morpholine rings is 1. The van der Waals surface area contributed by atoms with Gasteiger partial charge in [0.05, 0.1) is 24.2 Å². The van der Waals surface area contributed by atoms with Crippen LogP contribution in [0.3, 0.4) is 0 Å². The second-order valence-corrected chi connectivity index (χ2v) is 8.33. The molecule has 34 heavy (non-hydrogen) atoms. The maximum atomic E-state index is 13.4. The molecule has 5 heterocycles. The Balaban J connectivity index is 1.66. The molecule has 1 amide bonds. The summed E-state index contributed by atoms with van der Waals surface area (Å²) in [4.78, 5) is 33.5. The lowest BCUT2D eigenvalue weighted by Crippen LogP contribution is -2.40. The number of nitrogens with one attached hydrogen (secondary N) is 2. The van der Waals surface area contributed by atoms with Gasteiger partial charge in [0.2, 0.25) is 0 Å². The monoisotopic (exact) mass is 463 g/mol. The molecule has 11 heteroatoms. The van der Waals surface area contributed by atoms with Gasteiger partial charge < -0.3 is 19.1 Å². The number of fused-ring (bicyclic) bond motifs is 2. The Kier molecular flexibility index (Phi) is 5.72. The molecule has 1 saturated heterocycles. The van der Waals surface area contributed by atoms with Crippen molar-refractivity contribution in [1.82, 2.24) is 24.0 Å². The number of amides is 1.